The number of Topliss-reactive ketones (excluding diaryl/α,β-unsaturated/α-hetero) is 1. The van der Waals surface area contributed by atoms with Crippen LogP contribution < -0.4 is 9.47 Å². The summed E-state index contributed by atoms with van der Waals surface area (Å²) < 4.78 is 16.3. The third-order valence-electron chi connectivity index (χ3n) is 3.11. The second kappa shape index (κ2) is 6.19. The molecule has 3 rings (SSSR count). The summed E-state index contributed by atoms with van der Waals surface area (Å²) in [6.45, 7) is -0.176. The molecule has 112 valence electrons. The lowest BCUT2D eigenvalue weighted by atomic mass is 10.1. The monoisotopic (exact) mass is 362 g/mol. The van der Waals surface area contributed by atoms with E-state index in [4.69, 9.17) is 14.2 Å². The van der Waals surface area contributed by atoms with Crippen LogP contribution in [-0.2, 0) is 4.74 Å². The molecule has 1 aliphatic rings. The second-order valence-electron chi connectivity index (χ2n) is 4.57. The third-order valence-corrected chi connectivity index (χ3v) is 3.64. The van der Waals surface area contributed by atoms with Gasteiger partial charge in [0.25, 0.3) is 0 Å². The van der Waals surface area contributed by atoms with E-state index in [0.29, 0.717) is 22.6 Å². The average molecular weight is 363 g/mol. The van der Waals surface area contributed by atoms with Gasteiger partial charge in [-0.05, 0) is 30.3 Å². The summed E-state index contributed by atoms with van der Waals surface area (Å²) in [5.41, 5.74) is 0.801. The van der Waals surface area contributed by atoms with Crippen LogP contribution in [0.15, 0.2) is 46.9 Å². The number of hydrogen-bond acceptors (Lipinski definition) is 5. The molecule has 2 aromatic carbocycles. The highest BCUT2D eigenvalue weighted by atomic mass is 79.9. The van der Waals surface area contributed by atoms with Crippen molar-refractivity contribution in [2.75, 3.05) is 13.4 Å². The van der Waals surface area contributed by atoms with Crippen LogP contribution >= 0.6 is 15.9 Å². The van der Waals surface area contributed by atoms with Crippen LogP contribution in [0.4, 0.5) is 0 Å². The Morgan fingerprint density at radius 1 is 1.00 bits per heavy atom. The fraction of sp³-hybridized carbons (Fsp3) is 0.125. The zero-order chi connectivity index (χ0) is 15.5. The lowest BCUT2D eigenvalue weighted by Crippen LogP contribution is -2.14. The van der Waals surface area contributed by atoms with Crippen LogP contribution in [0.3, 0.4) is 0 Å². The minimum absolute atomic E-state index is 0.135. The first-order chi connectivity index (χ1) is 10.6. The Bertz CT molecular complexity index is 724. The first-order valence-electron chi connectivity index (χ1n) is 6.49. The number of rotatable bonds is 4. The van der Waals surface area contributed by atoms with Crippen molar-refractivity contribution in [1.82, 2.24) is 0 Å². The summed E-state index contributed by atoms with van der Waals surface area (Å²) in [6, 6.07) is 11.6. The van der Waals surface area contributed by atoms with Gasteiger partial charge < -0.3 is 14.2 Å². The molecule has 0 N–H and O–H groups in total. The Balaban J connectivity index is 1.62. The molecule has 0 aromatic heterocycles. The number of fused-ring (bicyclic) bond motifs is 1. The van der Waals surface area contributed by atoms with Crippen LogP contribution in [0, 0.1) is 0 Å². The van der Waals surface area contributed by atoms with Gasteiger partial charge in [0.2, 0.25) is 6.79 Å². The van der Waals surface area contributed by atoms with Crippen molar-refractivity contribution in [2.24, 2.45) is 0 Å². The van der Waals surface area contributed by atoms with Crippen molar-refractivity contribution >= 4 is 27.7 Å². The summed E-state index contributed by atoms with van der Waals surface area (Å²) in [5, 5.41) is 0. The minimum atomic E-state index is -0.580. The van der Waals surface area contributed by atoms with Gasteiger partial charge in [0.15, 0.2) is 23.9 Å². The maximum Gasteiger partial charge on any atom is 0.338 e. The number of ether oxygens (including phenoxy) is 3. The Labute approximate surface area is 134 Å². The van der Waals surface area contributed by atoms with Gasteiger partial charge in [-0.3, -0.25) is 4.79 Å². The Kier molecular flexibility index (Phi) is 4.11. The molecule has 22 heavy (non-hydrogen) atoms. The van der Waals surface area contributed by atoms with Crippen LogP contribution in [0.2, 0.25) is 0 Å². The van der Waals surface area contributed by atoms with E-state index in [9.17, 15) is 9.59 Å². The van der Waals surface area contributed by atoms with E-state index >= 15 is 0 Å². The van der Waals surface area contributed by atoms with Crippen molar-refractivity contribution in [2.45, 2.75) is 0 Å². The summed E-state index contributed by atoms with van der Waals surface area (Å²) in [6.07, 6.45) is 0. The molecule has 0 saturated heterocycles. The van der Waals surface area contributed by atoms with Gasteiger partial charge in [-0.2, -0.15) is 0 Å². The van der Waals surface area contributed by atoms with Crippen LogP contribution in [0.5, 0.6) is 11.5 Å². The third kappa shape index (κ3) is 3.12. The highest BCUT2D eigenvalue weighted by Gasteiger charge is 2.18. The lowest BCUT2D eigenvalue weighted by molar-refractivity contribution is 0.0474. The molecule has 0 unspecified atom stereocenters. The molecule has 0 radical (unpaired) electrons. The number of hydrogen-bond donors (Lipinski definition) is 0. The van der Waals surface area contributed by atoms with Crippen LogP contribution in [-0.4, -0.2) is 25.2 Å². The number of carbonyl (C=O) groups is 2. The van der Waals surface area contributed by atoms with Crippen molar-refractivity contribution in [1.29, 1.82) is 0 Å². The highest BCUT2D eigenvalue weighted by Crippen LogP contribution is 2.32. The largest absolute Gasteiger partial charge is 0.454 e. The quantitative estimate of drug-likeness (QED) is 0.617. The molecular formula is C16H11BrO5. The second-order valence-corrected chi connectivity index (χ2v) is 5.49. The molecule has 2 aromatic rings. The van der Waals surface area contributed by atoms with Crippen LogP contribution in [0.1, 0.15) is 20.7 Å². The van der Waals surface area contributed by atoms with E-state index < -0.39 is 5.97 Å². The van der Waals surface area contributed by atoms with E-state index in [0.717, 1.165) is 4.47 Å². The first kappa shape index (κ1) is 14.6. The SMILES string of the molecule is O=C(COC(=O)c1ccc2c(c1)OCO2)c1ccc(Br)cc1. The van der Waals surface area contributed by atoms with E-state index in [1.54, 1.807) is 36.4 Å². The van der Waals surface area contributed by atoms with E-state index in [-0.39, 0.29) is 19.2 Å². The van der Waals surface area contributed by atoms with E-state index in [1.807, 2.05) is 0 Å². The van der Waals surface area contributed by atoms with Gasteiger partial charge in [0.05, 0.1) is 5.56 Å². The van der Waals surface area contributed by atoms with Gasteiger partial charge in [0, 0.05) is 10.0 Å². The zero-order valence-electron chi connectivity index (χ0n) is 11.4. The fourth-order valence-electron chi connectivity index (χ4n) is 1.96. The molecule has 0 fully saturated rings. The normalized spacial score (nSPS) is 12.0. The van der Waals surface area contributed by atoms with Gasteiger partial charge in [0.1, 0.15) is 0 Å². The standard InChI is InChI=1S/C16H11BrO5/c17-12-4-1-10(2-5-12)13(18)8-20-16(19)11-3-6-14-15(7-11)22-9-21-14/h1-7H,8-9H2. The van der Waals surface area contributed by atoms with Gasteiger partial charge >= 0.3 is 5.97 Å². The Hall–Kier alpha value is -2.34. The van der Waals surface area contributed by atoms with E-state index in [2.05, 4.69) is 15.9 Å². The molecule has 6 heteroatoms. The maximum atomic E-state index is 12.0. The van der Waals surface area contributed by atoms with Gasteiger partial charge in [-0.15, -0.1) is 0 Å². The van der Waals surface area contributed by atoms with Crippen molar-refractivity contribution in [3.8, 4) is 11.5 Å². The molecule has 1 aliphatic heterocycles. The topological polar surface area (TPSA) is 61.8 Å². The average Bonchev–Trinajstić information content (AvgIpc) is 3.00. The van der Waals surface area contributed by atoms with Crippen LogP contribution in [0.25, 0.3) is 0 Å². The van der Waals surface area contributed by atoms with Crippen molar-refractivity contribution in [3.05, 3.63) is 58.1 Å². The lowest BCUT2D eigenvalue weighted by Gasteiger charge is -2.05. The van der Waals surface area contributed by atoms with Gasteiger partial charge in [-0.1, -0.05) is 28.1 Å². The van der Waals surface area contributed by atoms with E-state index in [1.165, 1.54) is 6.07 Å². The molecule has 0 amide bonds. The number of esters is 1. The summed E-state index contributed by atoms with van der Waals surface area (Å²) in [7, 11) is 0. The van der Waals surface area contributed by atoms with Gasteiger partial charge in [-0.25, -0.2) is 4.79 Å². The smallest absolute Gasteiger partial charge is 0.338 e. The zero-order valence-corrected chi connectivity index (χ0v) is 13.0. The number of halogens is 1. The van der Waals surface area contributed by atoms with Crippen molar-refractivity contribution in [3.63, 3.8) is 0 Å². The first-order valence-corrected chi connectivity index (χ1v) is 7.28. The Morgan fingerprint density at radius 2 is 1.68 bits per heavy atom. The molecule has 1 heterocycles. The number of ketones is 1. The summed E-state index contributed by atoms with van der Waals surface area (Å²) >= 11 is 3.29. The molecule has 0 aliphatic carbocycles. The molecule has 0 atom stereocenters. The highest BCUT2D eigenvalue weighted by molar-refractivity contribution is 9.10. The van der Waals surface area contributed by atoms with Crippen molar-refractivity contribution < 1.29 is 23.8 Å². The molecule has 0 saturated carbocycles. The predicted molar refractivity (Wildman–Crippen MR) is 81.3 cm³/mol. The molecular weight excluding hydrogens is 352 g/mol. The number of benzene rings is 2. The number of carbonyl (C=O) groups excluding carboxylic acids is 2. The maximum absolute atomic E-state index is 12.0. The minimum Gasteiger partial charge on any atom is -0.454 e. The molecule has 0 spiro atoms. The fourth-order valence-corrected chi connectivity index (χ4v) is 2.22. The molecule has 0 bridgehead atoms. The Morgan fingerprint density at radius 3 is 2.45 bits per heavy atom. The summed E-state index contributed by atoms with van der Waals surface area (Å²) in [5.74, 6) is 0.238. The summed E-state index contributed by atoms with van der Waals surface area (Å²) in [4.78, 5) is 23.9. The predicted octanol–water partition coefficient (Wildman–Crippen LogP) is 3.22. The molecule has 5 nitrogen and oxygen atoms in total.